The number of nitrogens with one attached hydrogen (secondary N) is 1. The number of ether oxygens (including phenoxy) is 1. The number of fused-ring (bicyclic) bond motifs is 2. The van der Waals surface area contributed by atoms with Crippen LogP contribution in [0.3, 0.4) is 0 Å². The van der Waals surface area contributed by atoms with Crippen LogP contribution in [0.4, 0.5) is 0 Å². The van der Waals surface area contributed by atoms with Crippen LogP contribution in [0.25, 0.3) is 0 Å². The van der Waals surface area contributed by atoms with Gasteiger partial charge in [-0.15, -0.1) is 0 Å². The molecule has 0 radical (unpaired) electrons. The van der Waals surface area contributed by atoms with Gasteiger partial charge in [0, 0.05) is 18.8 Å². The van der Waals surface area contributed by atoms with Gasteiger partial charge >= 0.3 is 0 Å². The molecule has 2 aliphatic heterocycles. The van der Waals surface area contributed by atoms with E-state index >= 15 is 0 Å². The highest BCUT2D eigenvalue weighted by molar-refractivity contribution is 5.95. The van der Waals surface area contributed by atoms with Crippen LogP contribution in [-0.2, 0) is 4.79 Å². The Morgan fingerprint density at radius 1 is 1.27 bits per heavy atom. The zero-order valence-corrected chi connectivity index (χ0v) is 12.6. The van der Waals surface area contributed by atoms with Gasteiger partial charge in [0.1, 0.15) is 11.4 Å². The van der Waals surface area contributed by atoms with Crippen LogP contribution >= 0.6 is 0 Å². The van der Waals surface area contributed by atoms with E-state index in [1.165, 1.54) is 12.8 Å². The fourth-order valence-electron chi connectivity index (χ4n) is 3.94. The van der Waals surface area contributed by atoms with Gasteiger partial charge in [0.15, 0.2) is 0 Å². The van der Waals surface area contributed by atoms with E-state index in [2.05, 4.69) is 15.3 Å². The Morgan fingerprint density at radius 2 is 2.18 bits per heavy atom. The second kappa shape index (κ2) is 5.71. The Balaban J connectivity index is 1.48. The van der Waals surface area contributed by atoms with Crippen LogP contribution in [0, 0.1) is 11.8 Å². The van der Waals surface area contributed by atoms with E-state index < -0.39 is 0 Å². The number of pyridine rings is 1. The van der Waals surface area contributed by atoms with E-state index in [4.69, 9.17) is 4.74 Å². The first-order chi connectivity index (χ1) is 10.8. The lowest BCUT2D eigenvalue weighted by Crippen LogP contribution is -2.40. The Bertz CT molecular complexity index is 601. The lowest BCUT2D eigenvalue weighted by molar-refractivity contribution is -0.125. The van der Waals surface area contributed by atoms with Crippen LogP contribution in [-0.4, -0.2) is 29.8 Å². The van der Waals surface area contributed by atoms with Crippen molar-refractivity contribution in [1.82, 2.24) is 10.3 Å². The molecule has 5 heteroatoms. The molecule has 4 rings (SSSR count). The molecule has 4 atom stereocenters. The third-order valence-electron chi connectivity index (χ3n) is 5.09. The smallest absolute Gasteiger partial charge is 0.229 e. The minimum Gasteiger partial charge on any atom is -0.491 e. The summed E-state index contributed by atoms with van der Waals surface area (Å²) >= 11 is 0. The minimum atomic E-state index is -0.0692. The summed E-state index contributed by atoms with van der Waals surface area (Å²) in [7, 11) is 0. The lowest BCUT2D eigenvalue weighted by atomic mass is 9.79. The van der Waals surface area contributed by atoms with Gasteiger partial charge < -0.3 is 10.1 Å². The summed E-state index contributed by atoms with van der Waals surface area (Å²) in [5, 5.41) is 3.18. The average Bonchev–Trinajstić information content (AvgIpc) is 2.99. The van der Waals surface area contributed by atoms with Gasteiger partial charge in [-0.2, -0.15) is 0 Å². The number of hydrogen-bond donors (Lipinski definition) is 1. The van der Waals surface area contributed by atoms with Gasteiger partial charge in [0.25, 0.3) is 0 Å². The molecule has 3 heterocycles. The number of aromatic nitrogens is 1. The molecule has 1 aromatic heterocycles. The number of aliphatic imine (C=N–C) groups is 1. The van der Waals surface area contributed by atoms with E-state index in [9.17, 15) is 4.79 Å². The molecule has 5 nitrogen and oxygen atoms in total. The molecule has 3 aliphatic rings. The van der Waals surface area contributed by atoms with Crippen molar-refractivity contribution in [3.63, 3.8) is 0 Å². The molecule has 116 valence electrons. The van der Waals surface area contributed by atoms with Gasteiger partial charge in [-0.1, -0.05) is 12.8 Å². The Labute approximate surface area is 130 Å². The maximum atomic E-state index is 12.7. The number of rotatable bonds is 2. The highest BCUT2D eigenvalue weighted by Crippen LogP contribution is 2.37. The van der Waals surface area contributed by atoms with E-state index in [1.807, 2.05) is 18.3 Å². The standard InChI is InChI=1S/C17H21N3O2/c21-17(12-10-19-13-5-2-1-4-11(12)13)20-14-7-9-22-15-6-3-8-18-16(14)15/h3,6,8,10-14H,1-2,4-5,7,9H2,(H,20,21). The van der Waals surface area contributed by atoms with Crippen molar-refractivity contribution in [2.24, 2.45) is 16.8 Å². The first-order valence-corrected chi connectivity index (χ1v) is 8.24. The van der Waals surface area contributed by atoms with Gasteiger partial charge in [-0.25, -0.2) is 0 Å². The second-order valence-corrected chi connectivity index (χ2v) is 6.42. The van der Waals surface area contributed by atoms with Crippen molar-refractivity contribution in [3.05, 3.63) is 24.0 Å². The zero-order valence-electron chi connectivity index (χ0n) is 12.6. The molecule has 0 bridgehead atoms. The first-order valence-electron chi connectivity index (χ1n) is 8.24. The van der Waals surface area contributed by atoms with Gasteiger partial charge in [0.05, 0.1) is 24.6 Å². The van der Waals surface area contributed by atoms with Crippen LogP contribution < -0.4 is 10.1 Å². The Kier molecular flexibility index (Phi) is 3.56. The van der Waals surface area contributed by atoms with Crippen molar-refractivity contribution in [1.29, 1.82) is 0 Å². The third kappa shape index (κ3) is 2.38. The quantitative estimate of drug-likeness (QED) is 0.911. The summed E-state index contributed by atoms with van der Waals surface area (Å²) in [6.07, 6.45) is 9.11. The van der Waals surface area contributed by atoms with Gasteiger partial charge in [-0.3, -0.25) is 14.8 Å². The molecule has 1 amide bonds. The van der Waals surface area contributed by atoms with E-state index in [0.717, 1.165) is 30.7 Å². The summed E-state index contributed by atoms with van der Waals surface area (Å²) < 4.78 is 5.61. The molecule has 1 aromatic rings. The maximum absolute atomic E-state index is 12.7. The largest absolute Gasteiger partial charge is 0.491 e. The highest BCUT2D eigenvalue weighted by atomic mass is 16.5. The van der Waals surface area contributed by atoms with Crippen molar-refractivity contribution in [2.45, 2.75) is 44.2 Å². The van der Waals surface area contributed by atoms with Gasteiger partial charge in [-0.05, 0) is 30.9 Å². The van der Waals surface area contributed by atoms with Crippen molar-refractivity contribution < 1.29 is 9.53 Å². The molecule has 1 saturated carbocycles. The molecule has 1 fully saturated rings. The molecule has 4 unspecified atom stereocenters. The predicted molar refractivity (Wildman–Crippen MR) is 83.0 cm³/mol. The Hall–Kier alpha value is -1.91. The first kappa shape index (κ1) is 13.7. The third-order valence-corrected chi connectivity index (χ3v) is 5.09. The van der Waals surface area contributed by atoms with E-state index in [0.29, 0.717) is 18.6 Å². The highest BCUT2D eigenvalue weighted by Gasteiger charge is 2.39. The Morgan fingerprint density at radius 3 is 3.14 bits per heavy atom. The summed E-state index contributed by atoms with van der Waals surface area (Å²) in [6.45, 7) is 0.619. The van der Waals surface area contributed by atoms with E-state index in [1.54, 1.807) is 6.20 Å². The molecule has 22 heavy (non-hydrogen) atoms. The molecule has 1 aliphatic carbocycles. The summed E-state index contributed by atoms with van der Waals surface area (Å²) in [5.74, 6) is 1.22. The zero-order chi connectivity index (χ0) is 14.9. The predicted octanol–water partition coefficient (Wildman–Crippen LogP) is 2.28. The fourth-order valence-corrected chi connectivity index (χ4v) is 3.94. The van der Waals surface area contributed by atoms with Crippen LogP contribution in [0.2, 0.25) is 0 Å². The van der Waals surface area contributed by atoms with Crippen LogP contribution in [0.5, 0.6) is 5.75 Å². The van der Waals surface area contributed by atoms with E-state index in [-0.39, 0.29) is 17.9 Å². The molecule has 0 saturated heterocycles. The number of nitrogens with zero attached hydrogens (tertiary/aromatic N) is 2. The monoisotopic (exact) mass is 299 g/mol. The molecular weight excluding hydrogens is 278 g/mol. The molecule has 0 aromatic carbocycles. The molecule has 1 N–H and O–H groups in total. The number of amides is 1. The summed E-state index contributed by atoms with van der Waals surface area (Å²) in [4.78, 5) is 21.7. The van der Waals surface area contributed by atoms with Crippen molar-refractivity contribution in [3.8, 4) is 5.75 Å². The second-order valence-electron chi connectivity index (χ2n) is 6.42. The van der Waals surface area contributed by atoms with Gasteiger partial charge in [0.2, 0.25) is 5.91 Å². The van der Waals surface area contributed by atoms with Crippen LogP contribution in [0.1, 0.15) is 43.8 Å². The fraction of sp³-hybridized carbons (Fsp3) is 0.588. The topological polar surface area (TPSA) is 63.6 Å². The summed E-state index contributed by atoms with van der Waals surface area (Å²) in [5.41, 5.74) is 0.845. The SMILES string of the molecule is O=C(NC1CCOc2cccnc21)C1C=NC2CCCCC21. The number of carbonyl (C=O) groups excluding carboxylic acids is 1. The molecular formula is C17H21N3O2. The average molecular weight is 299 g/mol. The maximum Gasteiger partial charge on any atom is 0.229 e. The van der Waals surface area contributed by atoms with Crippen LogP contribution in [0.15, 0.2) is 23.3 Å². The molecule has 0 spiro atoms. The number of carbonyl (C=O) groups is 1. The normalized spacial score (nSPS) is 32.7. The minimum absolute atomic E-state index is 0.0477. The summed E-state index contributed by atoms with van der Waals surface area (Å²) in [6, 6.07) is 4.09. The number of hydrogen-bond acceptors (Lipinski definition) is 4. The van der Waals surface area contributed by atoms with Crippen molar-refractivity contribution in [2.75, 3.05) is 6.61 Å². The van der Waals surface area contributed by atoms with Crippen molar-refractivity contribution >= 4 is 12.1 Å². The lowest BCUT2D eigenvalue weighted by Gasteiger charge is -2.30.